The molecule has 0 aliphatic carbocycles. The summed E-state index contributed by atoms with van der Waals surface area (Å²) in [6.07, 6.45) is 0.839. The van der Waals surface area contributed by atoms with Crippen molar-refractivity contribution in [1.29, 1.82) is 0 Å². The molecule has 2 rings (SSSR count). The highest BCUT2D eigenvalue weighted by Gasteiger charge is 2.24. The van der Waals surface area contributed by atoms with Crippen LogP contribution in [0.5, 0.6) is 0 Å². The number of aromatic nitrogens is 1. The van der Waals surface area contributed by atoms with Crippen LogP contribution in [0.3, 0.4) is 0 Å². The highest BCUT2D eigenvalue weighted by molar-refractivity contribution is 6.33. The van der Waals surface area contributed by atoms with Crippen molar-refractivity contribution in [3.05, 3.63) is 22.8 Å². The van der Waals surface area contributed by atoms with Gasteiger partial charge in [0.1, 0.15) is 11.5 Å². The molecule has 1 aliphatic heterocycles. The standard InChI is InChI=1S/C11H15ClN4O2/c12-8-1-2-9(15-13)14-10(8)11(18)16-5-3-7(17)4-6-16/h1-2,7,17H,3-6,13H2,(H,14,15). The van der Waals surface area contributed by atoms with Gasteiger partial charge in [0.25, 0.3) is 5.91 Å². The van der Waals surface area contributed by atoms with Gasteiger partial charge in [-0.15, -0.1) is 0 Å². The second kappa shape index (κ2) is 5.51. The van der Waals surface area contributed by atoms with Crippen LogP contribution in [0.25, 0.3) is 0 Å². The molecule has 1 aliphatic rings. The van der Waals surface area contributed by atoms with Gasteiger partial charge in [0.05, 0.1) is 11.1 Å². The van der Waals surface area contributed by atoms with Gasteiger partial charge in [-0.2, -0.15) is 0 Å². The van der Waals surface area contributed by atoms with Gasteiger partial charge in [0.15, 0.2) is 0 Å². The number of nitrogens with one attached hydrogen (secondary N) is 1. The lowest BCUT2D eigenvalue weighted by Crippen LogP contribution is -2.40. The summed E-state index contributed by atoms with van der Waals surface area (Å²) in [5.41, 5.74) is 2.56. The van der Waals surface area contributed by atoms with E-state index >= 15 is 0 Å². The molecule has 7 heteroatoms. The minimum atomic E-state index is -0.325. The number of carbonyl (C=O) groups excluding carboxylic acids is 1. The maximum absolute atomic E-state index is 12.2. The number of carbonyl (C=O) groups is 1. The number of amides is 1. The summed E-state index contributed by atoms with van der Waals surface area (Å²) in [6.45, 7) is 1.02. The molecule has 0 radical (unpaired) electrons. The van der Waals surface area contributed by atoms with E-state index < -0.39 is 0 Å². The van der Waals surface area contributed by atoms with E-state index in [1.165, 1.54) is 0 Å². The van der Waals surface area contributed by atoms with Gasteiger partial charge >= 0.3 is 0 Å². The number of piperidine rings is 1. The molecule has 1 fully saturated rings. The van der Waals surface area contributed by atoms with Gasteiger partial charge in [-0.05, 0) is 25.0 Å². The van der Waals surface area contributed by atoms with Crippen LogP contribution >= 0.6 is 11.6 Å². The summed E-state index contributed by atoms with van der Waals surface area (Å²) in [5, 5.41) is 9.71. The molecule has 1 aromatic heterocycles. The maximum atomic E-state index is 12.2. The Morgan fingerprint density at radius 1 is 1.50 bits per heavy atom. The molecule has 0 atom stereocenters. The van der Waals surface area contributed by atoms with Crippen LogP contribution in [0, 0.1) is 0 Å². The molecule has 98 valence electrons. The van der Waals surface area contributed by atoms with Crippen molar-refractivity contribution in [1.82, 2.24) is 9.88 Å². The fraction of sp³-hybridized carbons (Fsp3) is 0.455. The normalized spacial score (nSPS) is 16.7. The molecule has 0 spiro atoms. The Balaban J connectivity index is 2.17. The van der Waals surface area contributed by atoms with Crippen molar-refractivity contribution < 1.29 is 9.90 Å². The molecule has 1 amide bonds. The number of nitrogens with two attached hydrogens (primary N) is 1. The Bertz CT molecular complexity index is 447. The smallest absolute Gasteiger partial charge is 0.274 e. The van der Waals surface area contributed by atoms with Crippen LogP contribution in [0.2, 0.25) is 5.02 Å². The second-order valence-corrected chi connectivity index (χ2v) is 4.60. The number of nitrogen functional groups attached to an aromatic ring is 1. The van der Waals surface area contributed by atoms with E-state index in [1.807, 2.05) is 0 Å². The molecular formula is C11H15ClN4O2. The largest absolute Gasteiger partial charge is 0.393 e. The average Bonchev–Trinajstić information content (AvgIpc) is 2.39. The highest BCUT2D eigenvalue weighted by Crippen LogP contribution is 2.20. The molecule has 0 aromatic carbocycles. The first-order valence-corrected chi connectivity index (χ1v) is 6.10. The van der Waals surface area contributed by atoms with Crippen molar-refractivity contribution in [2.75, 3.05) is 18.5 Å². The summed E-state index contributed by atoms with van der Waals surface area (Å²) in [5.74, 6) is 5.41. The minimum Gasteiger partial charge on any atom is -0.393 e. The SMILES string of the molecule is NNc1ccc(Cl)c(C(=O)N2CCC(O)CC2)n1. The predicted molar refractivity (Wildman–Crippen MR) is 68.2 cm³/mol. The number of nitrogens with zero attached hydrogens (tertiary/aromatic N) is 2. The topological polar surface area (TPSA) is 91.5 Å². The lowest BCUT2D eigenvalue weighted by Gasteiger charge is -2.29. The lowest BCUT2D eigenvalue weighted by atomic mass is 10.1. The third-order valence-corrected chi connectivity index (χ3v) is 3.25. The van der Waals surface area contributed by atoms with Gasteiger partial charge in [-0.3, -0.25) is 4.79 Å². The number of hydrogen-bond donors (Lipinski definition) is 3. The molecule has 0 saturated carbocycles. The zero-order valence-electron chi connectivity index (χ0n) is 9.77. The summed E-state index contributed by atoms with van der Waals surface area (Å²) in [4.78, 5) is 17.9. The van der Waals surface area contributed by atoms with Gasteiger partial charge in [-0.25, -0.2) is 10.8 Å². The van der Waals surface area contributed by atoms with E-state index in [9.17, 15) is 9.90 Å². The molecule has 4 N–H and O–H groups in total. The first kappa shape index (κ1) is 13.1. The van der Waals surface area contributed by atoms with Crippen molar-refractivity contribution in [3.8, 4) is 0 Å². The summed E-state index contributed by atoms with van der Waals surface area (Å²) in [6, 6.07) is 3.18. The molecule has 0 bridgehead atoms. The van der Waals surface area contributed by atoms with Crippen molar-refractivity contribution in [2.24, 2.45) is 5.84 Å². The van der Waals surface area contributed by atoms with Crippen molar-refractivity contribution in [2.45, 2.75) is 18.9 Å². The Morgan fingerprint density at radius 3 is 2.78 bits per heavy atom. The van der Waals surface area contributed by atoms with E-state index in [1.54, 1.807) is 17.0 Å². The Morgan fingerprint density at radius 2 is 2.17 bits per heavy atom. The number of anilines is 1. The van der Waals surface area contributed by atoms with Gasteiger partial charge in [-0.1, -0.05) is 11.6 Å². The first-order chi connectivity index (χ1) is 8.61. The van der Waals surface area contributed by atoms with Crippen molar-refractivity contribution in [3.63, 3.8) is 0 Å². The van der Waals surface area contributed by atoms with E-state index in [4.69, 9.17) is 17.4 Å². The van der Waals surface area contributed by atoms with Gasteiger partial charge < -0.3 is 15.4 Å². The van der Waals surface area contributed by atoms with Crippen molar-refractivity contribution >= 4 is 23.3 Å². The van der Waals surface area contributed by atoms with E-state index in [0.717, 1.165) is 0 Å². The van der Waals surface area contributed by atoms with Crippen LogP contribution < -0.4 is 11.3 Å². The number of halogens is 1. The summed E-state index contributed by atoms with van der Waals surface area (Å²) in [7, 11) is 0. The summed E-state index contributed by atoms with van der Waals surface area (Å²) < 4.78 is 0. The molecule has 1 aromatic rings. The van der Waals surface area contributed by atoms with E-state index in [2.05, 4.69) is 10.4 Å². The first-order valence-electron chi connectivity index (χ1n) is 5.72. The lowest BCUT2D eigenvalue weighted by molar-refractivity contribution is 0.0542. The predicted octanol–water partition coefficient (Wildman–Crippen LogP) is 0.618. The number of hydrogen-bond acceptors (Lipinski definition) is 5. The van der Waals surface area contributed by atoms with Gasteiger partial charge in [0.2, 0.25) is 0 Å². The number of aliphatic hydroxyl groups is 1. The Hall–Kier alpha value is -1.37. The zero-order valence-corrected chi connectivity index (χ0v) is 10.5. The third-order valence-electron chi connectivity index (χ3n) is 2.95. The van der Waals surface area contributed by atoms with Crippen LogP contribution in [0.15, 0.2) is 12.1 Å². The monoisotopic (exact) mass is 270 g/mol. The third kappa shape index (κ3) is 2.72. The van der Waals surface area contributed by atoms with Crippen LogP contribution in [0.1, 0.15) is 23.3 Å². The number of hydrazine groups is 1. The number of pyridine rings is 1. The minimum absolute atomic E-state index is 0.184. The molecule has 0 unspecified atom stereocenters. The maximum Gasteiger partial charge on any atom is 0.274 e. The number of rotatable bonds is 2. The molecule has 1 saturated heterocycles. The van der Waals surface area contributed by atoms with Crippen LogP contribution in [-0.4, -0.2) is 40.1 Å². The van der Waals surface area contributed by atoms with Crippen LogP contribution in [-0.2, 0) is 0 Å². The average molecular weight is 271 g/mol. The number of aliphatic hydroxyl groups excluding tert-OH is 1. The Labute approximate surface area is 110 Å². The zero-order chi connectivity index (χ0) is 13.1. The molecule has 2 heterocycles. The highest BCUT2D eigenvalue weighted by atomic mass is 35.5. The Kier molecular flexibility index (Phi) is 4.00. The second-order valence-electron chi connectivity index (χ2n) is 4.19. The summed E-state index contributed by atoms with van der Waals surface area (Å²) >= 11 is 5.97. The van der Waals surface area contributed by atoms with E-state index in [-0.39, 0.29) is 17.7 Å². The van der Waals surface area contributed by atoms with Gasteiger partial charge in [0, 0.05) is 13.1 Å². The van der Waals surface area contributed by atoms with E-state index in [0.29, 0.717) is 36.8 Å². The van der Waals surface area contributed by atoms with Crippen LogP contribution in [0.4, 0.5) is 5.82 Å². The molecular weight excluding hydrogens is 256 g/mol. The fourth-order valence-electron chi connectivity index (χ4n) is 1.89. The molecule has 18 heavy (non-hydrogen) atoms. The number of likely N-dealkylation sites (tertiary alicyclic amines) is 1. The quantitative estimate of drug-likeness (QED) is 0.541. The fourth-order valence-corrected chi connectivity index (χ4v) is 2.08. The molecule has 6 nitrogen and oxygen atoms in total.